The Balaban J connectivity index is 2.27. The molecule has 0 aliphatic carbocycles. The maximum absolute atomic E-state index is 13.6. The van der Waals surface area contributed by atoms with Crippen molar-refractivity contribution < 1.29 is 19.0 Å². The van der Waals surface area contributed by atoms with E-state index >= 15 is 0 Å². The van der Waals surface area contributed by atoms with Crippen LogP contribution in [-0.2, 0) is 0 Å². The van der Waals surface area contributed by atoms with E-state index in [1.807, 2.05) is 0 Å². The second-order valence-electron chi connectivity index (χ2n) is 3.96. The summed E-state index contributed by atoms with van der Waals surface area (Å²) in [6.07, 6.45) is 0. The van der Waals surface area contributed by atoms with E-state index in [0.29, 0.717) is 15.9 Å². The number of halogens is 2. The van der Waals surface area contributed by atoms with E-state index < -0.39 is 11.7 Å². The molecule has 0 aromatic heterocycles. The minimum absolute atomic E-state index is 0.155. The fraction of sp³-hybridized carbons (Fsp3) is 0.0714. The standard InChI is InChI=1S/C14H11BrFNO3/c1-20-9-3-5-11(15)13(7-9)17-14(19)10-4-2-8(18)6-12(10)16/h2-7,18H,1H3,(H,17,19). The highest BCUT2D eigenvalue weighted by atomic mass is 79.9. The molecule has 0 aliphatic heterocycles. The van der Waals surface area contributed by atoms with Gasteiger partial charge >= 0.3 is 0 Å². The molecule has 0 heterocycles. The maximum atomic E-state index is 13.6. The van der Waals surface area contributed by atoms with Crippen LogP contribution in [0.2, 0.25) is 0 Å². The number of hydrogen-bond donors (Lipinski definition) is 2. The third kappa shape index (κ3) is 3.08. The van der Waals surface area contributed by atoms with Crippen molar-refractivity contribution in [2.24, 2.45) is 0 Å². The first-order valence-electron chi connectivity index (χ1n) is 5.64. The van der Waals surface area contributed by atoms with Gasteiger partial charge in [-0.2, -0.15) is 0 Å². The van der Waals surface area contributed by atoms with Gasteiger partial charge in [0.25, 0.3) is 5.91 Å². The molecule has 104 valence electrons. The first kappa shape index (κ1) is 14.3. The van der Waals surface area contributed by atoms with Crippen LogP contribution in [-0.4, -0.2) is 18.1 Å². The van der Waals surface area contributed by atoms with Crippen molar-refractivity contribution in [2.45, 2.75) is 0 Å². The van der Waals surface area contributed by atoms with Crippen molar-refractivity contribution >= 4 is 27.5 Å². The lowest BCUT2D eigenvalue weighted by molar-refractivity contribution is 0.102. The van der Waals surface area contributed by atoms with Gasteiger partial charge in [-0.25, -0.2) is 4.39 Å². The molecule has 0 radical (unpaired) electrons. The molecule has 0 unspecified atom stereocenters. The molecule has 1 amide bonds. The molecular weight excluding hydrogens is 329 g/mol. The van der Waals surface area contributed by atoms with Crippen LogP contribution in [0.5, 0.6) is 11.5 Å². The number of methoxy groups -OCH3 is 1. The molecule has 0 atom stereocenters. The SMILES string of the molecule is COc1ccc(Br)c(NC(=O)c2ccc(O)cc2F)c1. The summed E-state index contributed by atoms with van der Waals surface area (Å²) in [4.78, 5) is 12.0. The molecule has 4 nitrogen and oxygen atoms in total. The Labute approximate surface area is 123 Å². The molecule has 20 heavy (non-hydrogen) atoms. The largest absolute Gasteiger partial charge is 0.508 e. The summed E-state index contributed by atoms with van der Waals surface area (Å²) in [6, 6.07) is 8.39. The molecule has 2 aromatic rings. The number of carbonyl (C=O) groups excluding carboxylic acids is 1. The minimum Gasteiger partial charge on any atom is -0.508 e. The van der Waals surface area contributed by atoms with Gasteiger partial charge in [-0.3, -0.25) is 4.79 Å². The third-order valence-electron chi connectivity index (χ3n) is 2.62. The van der Waals surface area contributed by atoms with Crippen LogP contribution in [0.25, 0.3) is 0 Å². The maximum Gasteiger partial charge on any atom is 0.258 e. The van der Waals surface area contributed by atoms with Crippen molar-refractivity contribution in [1.29, 1.82) is 0 Å². The van der Waals surface area contributed by atoms with Crippen molar-refractivity contribution in [2.75, 3.05) is 12.4 Å². The number of phenolic OH excluding ortho intramolecular Hbond substituents is 1. The molecule has 2 N–H and O–H groups in total. The summed E-state index contributed by atoms with van der Waals surface area (Å²) < 4.78 is 19.3. The van der Waals surface area contributed by atoms with Crippen LogP contribution in [0.4, 0.5) is 10.1 Å². The van der Waals surface area contributed by atoms with Gasteiger partial charge in [0, 0.05) is 16.6 Å². The van der Waals surface area contributed by atoms with Crippen LogP contribution >= 0.6 is 15.9 Å². The fourth-order valence-corrected chi connectivity index (χ4v) is 1.95. The predicted octanol–water partition coefficient (Wildman–Crippen LogP) is 3.55. The lowest BCUT2D eigenvalue weighted by Crippen LogP contribution is -2.14. The van der Waals surface area contributed by atoms with Crippen molar-refractivity contribution in [1.82, 2.24) is 0 Å². The van der Waals surface area contributed by atoms with Crippen LogP contribution in [0, 0.1) is 5.82 Å². The van der Waals surface area contributed by atoms with Gasteiger partial charge in [-0.05, 0) is 40.2 Å². The normalized spacial score (nSPS) is 10.2. The average molecular weight is 340 g/mol. The van der Waals surface area contributed by atoms with Gasteiger partial charge in [0.05, 0.1) is 18.4 Å². The number of benzene rings is 2. The molecule has 0 saturated carbocycles. The summed E-state index contributed by atoms with van der Waals surface area (Å²) >= 11 is 3.29. The number of ether oxygens (including phenoxy) is 1. The van der Waals surface area contributed by atoms with Crippen LogP contribution in [0.1, 0.15) is 10.4 Å². The van der Waals surface area contributed by atoms with Crippen LogP contribution in [0.15, 0.2) is 40.9 Å². The van der Waals surface area contributed by atoms with E-state index in [-0.39, 0.29) is 11.3 Å². The second kappa shape index (κ2) is 5.92. The second-order valence-corrected chi connectivity index (χ2v) is 4.82. The predicted molar refractivity (Wildman–Crippen MR) is 76.7 cm³/mol. The van der Waals surface area contributed by atoms with E-state index in [1.165, 1.54) is 19.2 Å². The van der Waals surface area contributed by atoms with E-state index in [4.69, 9.17) is 9.84 Å². The molecular formula is C14H11BrFNO3. The quantitative estimate of drug-likeness (QED) is 0.898. The highest BCUT2D eigenvalue weighted by molar-refractivity contribution is 9.10. The van der Waals surface area contributed by atoms with Gasteiger partial charge in [-0.15, -0.1) is 0 Å². The number of rotatable bonds is 3. The number of anilines is 1. The van der Waals surface area contributed by atoms with Crippen molar-refractivity contribution in [3.63, 3.8) is 0 Å². The molecule has 0 aliphatic rings. The van der Waals surface area contributed by atoms with Crippen LogP contribution < -0.4 is 10.1 Å². The first-order valence-corrected chi connectivity index (χ1v) is 6.44. The zero-order chi connectivity index (χ0) is 14.7. The molecule has 2 rings (SSSR count). The van der Waals surface area contributed by atoms with Crippen molar-refractivity contribution in [3.05, 3.63) is 52.3 Å². The lowest BCUT2D eigenvalue weighted by Gasteiger charge is -2.10. The Hall–Kier alpha value is -2.08. The van der Waals surface area contributed by atoms with E-state index in [9.17, 15) is 9.18 Å². The zero-order valence-corrected chi connectivity index (χ0v) is 12.1. The molecule has 0 fully saturated rings. The van der Waals surface area contributed by atoms with Gasteiger partial charge in [0.15, 0.2) is 0 Å². The summed E-state index contributed by atoms with van der Waals surface area (Å²) in [5.74, 6) is -1.07. The number of amides is 1. The Kier molecular flexibility index (Phi) is 4.24. The average Bonchev–Trinajstić information content (AvgIpc) is 2.41. The zero-order valence-electron chi connectivity index (χ0n) is 10.5. The number of aromatic hydroxyl groups is 1. The Bertz CT molecular complexity index is 661. The van der Waals surface area contributed by atoms with Gasteiger partial charge in [-0.1, -0.05) is 0 Å². The molecule has 0 bridgehead atoms. The summed E-state index contributed by atoms with van der Waals surface area (Å²) in [7, 11) is 1.51. The Morgan fingerprint density at radius 3 is 2.70 bits per heavy atom. The first-order chi connectivity index (χ1) is 9.51. The molecule has 0 saturated heterocycles. The lowest BCUT2D eigenvalue weighted by atomic mass is 10.2. The highest BCUT2D eigenvalue weighted by Crippen LogP contribution is 2.28. The summed E-state index contributed by atoms with van der Waals surface area (Å²) in [5, 5.41) is 11.7. The number of nitrogens with one attached hydrogen (secondary N) is 1. The molecule has 6 heteroatoms. The number of hydrogen-bond acceptors (Lipinski definition) is 3. The van der Waals surface area contributed by atoms with Gasteiger partial charge < -0.3 is 15.2 Å². The Morgan fingerprint density at radius 1 is 1.30 bits per heavy atom. The molecule has 2 aromatic carbocycles. The topological polar surface area (TPSA) is 58.6 Å². The van der Waals surface area contributed by atoms with E-state index in [2.05, 4.69) is 21.2 Å². The van der Waals surface area contributed by atoms with E-state index in [1.54, 1.807) is 18.2 Å². The van der Waals surface area contributed by atoms with E-state index in [0.717, 1.165) is 6.07 Å². The van der Waals surface area contributed by atoms with Crippen molar-refractivity contribution in [3.8, 4) is 11.5 Å². The molecule has 0 spiro atoms. The highest BCUT2D eigenvalue weighted by Gasteiger charge is 2.14. The fourth-order valence-electron chi connectivity index (χ4n) is 1.60. The Morgan fingerprint density at radius 2 is 2.05 bits per heavy atom. The minimum atomic E-state index is -0.790. The van der Waals surface area contributed by atoms with Gasteiger partial charge in [0.2, 0.25) is 0 Å². The van der Waals surface area contributed by atoms with Crippen LogP contribution in [0.3, 0.4) is 0 Å². The van der Waals surface area contributed by atoms with Gasteiger partial charge in [0.1, 0.15) is 17.3 Å². The third-order valence-corrected chi connectivity index (χ3v) is 3.31. The summed E-state index contributed by atoms with van der Waals surface area (Å²) in [6.45, 7) is 0. The summed E-state index contributed by atoms with van der Waals surface area (Å²) in [5.41, 5.74) is 0.305. The number of phenols is 1. The smallest absolute Gasteiger partial charge is 0.258 e. The monoisotopic (exact) mass is 339 g/mol. The number of carbonyl (C=O) groups is 1.